The van der Waals surface area contributed by atoms with Gasteiger partial charge in [-0.25, -0.2) is 13.2 Å². The summed E-state index contributed by atoms with van der Waals surface area (Å²) in [6.07, 6.45) is 4.37. The van der Waals surface area contributed by atoms with Crippen LogP contribution in [0.4, 0.5) is 19.0 Å². The smallest absolute Gasteiger partial charge is 0.318 e. The molecule has 3 saturated heterocycles. The SMILES string of the molecule is C=C(F)C(=O)N1CCN(c2nc(OC[C@@]34CCCN3C[C@H](F)C4)nc3c2CN(C)[C@]2(CCCc4cccc(F)c42)C3)C[C@@H]1CC#N. The summed E-state index contributed by atoms with van der Waals surface area (Å²) >= 11 is 0. The topological polar surface area (TPSA) is 88.8 Å². The van der Waals surface area contributed by atoms with Gasteiger partial charge in [0.25, 0.3) is 5.91 Å². The number of likely N-dealkylation sites (N-methyl/N-ethyl adjacent to an activating group) is 1. The molecule has 46 heavy (non-hydrogen) atoms. The first-order chi connectivity index (χ1) is 22.1. The van der Waals surface area contributed by atoms with E-state index >= 15 is 4.39 Å². The van der Waals surface area contributed by atoms with Crippen molar-refractivity contribution in [2.75, 3.05) is 51.3 Å². The lowest BCUT2D eigenvalue weighted by Crippen LogP contribution is -2.56. The standard InChI is InChI=1S/C34H40F3N7O2/c1-22(35)31(45)44-15-14-42(19-25(44)9-12-38)30-26-20-41(2)34(11-4-7-23-6-3-8-27(37)29(23)34)17-28(26)39-32(40-30)46-21-33-10-5-13-43(33)18-24(36)16-33/h3,6,8,24-25H,1,4-5,7,9-11,13-21H2,2H3/t24-,25+,33+,34-/m1/s1. The van der Waals surface area contributed by atoms with Crippen LogP contribution >= 0.6 is 0 Å². The van der Waals surface area contributed by atoms with Gasteiger partial charge in [-0.1, -0.05) is 18.7 Å². The van der Waals surface area contributed by atoms with Crippen LogP contribution in [-0.2, 0) is 29.7 Å². The minimum Gasteiger partial charge on any atom is -0.461 e. The predicted molar refractivity (Wildman–Crippen MR) is 165 cm³/mol. The van der Waals surface area contributed by atoms with Gasteiger partial charge >= 0.3 is 6.01 Å². The lowest BCUT2D eigenvalue weighted by atomic mass is 9.70. The number of rotatable bonds is 6. The van der Waals surface area contributed by atoms with E-state index in [9.17, 15) is 18.8 Å². The number of piperazine rings is 1. The molecule has 7 rings (SSSR count). The molecule has 0 unspecified atom stereocenters. The Morgan fingerprint density at radius 1 is 1.20 bits per heavy atom. The average Bonchev–Trinajstić information content (AvgIpc) is 3.56. The minimum absolute atomic E-state index is 0.0218. The predicted octanol–water partition coefficient (Wildman–Crippen LogP) is 4.20. The zero-order valence-electron chi connectivity index (χ0n) is 26.3. The number of carbonyl (C=O) groups is 1. The van der Waals surface area contributed by atoms with Gasteiger partial charge in [-0.15, -0.1) is 0 Å². The first-order valence-electron chi connectivity index (χ1n) is 16.3. The molecule has 1 aromatic heterocycles. The summed E-state index contributed by atoms with van der Waals surface area (Å²) in [5.74, 6) is -1.44. The van der Waals surface area contributed by atoms with Gasteiger partial charge in [0.1, 0.15) is 24.4 Å². The first kappa shape index (κ1) is 30.9. The molecule has 0 radical (unpaired) electrons. The Morgan fingerprint density at radius 3 is 2.85 bits per heavy atom. The first-order valence-corrected chi connectivity index (χ1v) is 16.3. The fraction of sp³-hybridized carbons (Fsp3) is 0.588. The number of aromatic nitrogens is 2. The average molecular weight is 636 g/mol. The number of amides is 1. The highest BCUT2D eigenvalue weighted by Crippen LogP contribution is 2.48. The van der Waals surface area contributed by atoms with Crippen LogP contribution in [0.2, 0.25) is 0 Å². The molecule has 9 nitrogen and oxygen atoms in total. The summed E-state index contributed by atoms with van der Waals surface area (Å²) in [4.78, 5) is 30.3. The van der Waals surface area contributed by atoms with E-state index in [2.05, 4.69) is 22.4 Å². The number of fused-ring (bicyclic) bond motifs is 4. The maximum absolute atomic E-state index is 15.6. The molecule has 1 amide bonds. The van der Waals surface area contributed by atoms with Crippen molar-refractivity contribution >= 4 is 11.7 Å². The molecule has 5 aliphatic rings. The van der Waals surface area contributed by atoms with E-state index in [1.807, 2.05) is 18.0 Å². The Labute approximate surface area is 267 Å². The molecular formula is C34H40F3N7O2. The van der Waals surface area contributed by atoms with E-state index in [0.29, 0.717) is 38.3 Å². The zero-order valence-corrected chi connectivity index (χ0v) is 26.3. The van der Waals surface area contributed by atoms with Crippen LogP contribution in [0.5, 0.6) is 6.01 Å². The molecule has 244 valence electrons. The largest absolute Gasteiger partial charge is 0.461 e. The molecule has 4 atom stereocenters. The van der Waals surface area contributed by atoms with Crippen molar-refractivity contribution in [2.24, 2.45) is 0 Å². The normalized spacial score (nSPS) is 29.3. The van der Waals surface area contributed by atoms with Gasteiger partial charge in [0.15, 0.2) is 5.83 Å². The van der Waals surface area contributed by atoms with Crippen LogP contribution in [0.3, 0.4) is 0 Å². The molecule has 12 heteroatoms. The molecule has 0 saturated carbocycles. The number of anilines is 1. The molecule has 5 heterocycles. The molecular weight excluding hydrogens is 595 g/mol. The highest BCUT2D eigenvalue weighted by atomic mass is 19.1. The van der Waals surface area contributed by atoms with Crippen molar-refractivity contribution in [1.82, 2.24) is 24.7 Å². The number of nitriles is 1. The van der Waals surface area contributed by atoms with Crippen LogP contribution in [0.1, 0.15) is 60.9 Å². The third kappa shape index (κ3) is 5.12. The van der Waals surface area contributed by atoms with Gasteiger partial charge in [0, 0.05) is 56.7 Å². The second kappa shape index (κ2) is 11.8. The number of hydrogen-bond acceptors (Lipinski definition) is 8. The molecule has 1 spiro atoms. The van der Waals surface area contributed by atoms with Gasteiger partial charge in [-0.2, -0.15) is 15.2 Å². The third-order valence-corrected chi connectivity index (χ3v) is 11.1. The highest BCUT2D eigenvalue weighted by Gasteiger charge is 2.50. The quantitative estimate of drug-likeness (QED) is 0.437. The van der Waals surface area contributed by atoms with Crippen LogP contribution in [0.15, 0.2) is 30.6 Å². The Kier molecular flexibility index (Phi) is 7.96. The second-order valence-electron chi connectivity index (χ2n) is 13.7. The zero-order chi connectivity index (χ0) is 32.2. The highest BCUT2D eigenvalue weighted by molar-refractivity contribution is 5.91. The number of nitrogens with zero attached hydrogens (tertiary/aromatic N) is 7. The monoisotopic (exact) mass is 635 g/mol. The van der Waals surface area contributed by atoms with Crippen molar-refractivity contribution in [3.8, 4) is 12.1 Å². The van der Waals surface area contributed by atoms with E-state index in [-0.39, 0.29) is 43.5 Å². The number of aryl methyl sites for hydroxylation is 1. The summed E-state index contributed by atoms with van der Waals surface area (Å²) in [7, 11) is 2.02. The lowest BCUT2D eigenvalue weighted by molar-refractivity contribution is -0.131. The van der Waals surface area contributed by atoms with E-state index in [1.165, 1.54) is 11.0 Å². The van der Waals surface area contributed by atoms with Crippen molar-refractivity contribution in [3.63, 3.8) is 0 Å². The fourth-order valence-corrected chi connectivity index (χ4v) is 8.88. The number of benzene rings is 1. The summed E-state index contributed by atoms with van der Waals surface area (Å²) in [5.41, 5.74) is 2.44. The molecule has 3 fully saturated rings. The summed E-state index contributed by atoms with van der Waals surface area (Å²) in [6.45, 7) is 5.97. The number of hydrogen-bond donors (Lipinski definition) is 0. The number of halogens is 3. The van der Waals surface area contributed by atoms with Crippen molar-refractivity contribution in [1.29, 1.82) is 5.26 Å². The Bertz CT molecular complexity index is 1600. The molecule has 0 N–H and O–H groups in total. The molecule has 1 aliphatic carbocycles. The minimum atomic E-state index is -1.05. The van der Waals surface area contributed by atoms with Crippen LogP contribution in [0.25, 0.3) is 0 Å². The number of carbonyl (C=O) groups excluding carboxylic acids is 1. The maximum Gasteiger partial charge on any atom is 0.318 e. The van der Waals surface area contributed by atoms with Crippen LogP contribution in [-0.4, -0.2) is 94.7 Å². The summed E-state index contributed by atoms with van der Waals surface area (Å²) in [6, 6.07) is 7.07. The van der Waals surface area contributed by atoms with E-state index in [4.69, 9.17) is 14.7 Å². The second-order valence-corrected chi connectivity index (χ2v) is 13.7. The number of alkyl halides is 1. The van der Waals surface area contributed by atoms with Gasteiger partial charge in [-0.05, 0) is 57.3 Å². The molecule has 1 aromatic carbocycles. The van der Waals surface area contributed by atoms with Crippen molar-refractivity contribution in [2.45, 2.75) is 81.2 Å². The van der Waals surface area contributed by atoms with Crippen LogP contribution in [0, 0.1) is 17.1 Å². The summed E-state index contributed by atoms with van der Waals surface area (Å²) < 4.78 is 50.4. The maximum atomic E-state index is 15.6. The Hall–Kier alpha value is -3.69. The molecule has 2 aromatic rings. The van der Waals surface area contributed by atoms with Gasteiger partial charge in [0.05, 0.1) is 35.3 Å². The van der Waals surface area contributed by atoms with Crippen molar-refractivity contribution in [3.05, 3.63) is 58.8 Å². The van der Waals surface area contributed by atoms with Crippen LogP contribution < -0.4 is 9.64 Å². The van der Waals surface area contributed by atoms with Gasteiger partial charge in [-0.3, -0.25) is 14.6 Å². The lowest BCUT2D eigenvalue weighted by Gasteiger charge is -2.50. The van der Waals surface area contributed by atoms with Crippen molar-refractivity contribution < 1.29 is 22.7 Å². The van der Waals surface area contributed by atoms with E-state index < -0.39 is 29.5 Å². The fourth-order valence-electron chi connectivity index (χ4n) is 8.88. The van der Waals surface area contributed by atoms with E-state index in [1.54, 1.807) is 6.07 Å². The summed E-state index contributed by atoms with van der Waals surface area (Å²) in [5, 5.41) is 9.56. The number of ether oxygens (including phenoxy) is 1. The van der Waals surface area contributed by atoms with Gasteiger partial charge in [0.2, 0.25) is 0 Å². The Morgan fingerprint density at radius 2 is 2.04 bits per heavy atom. The molecule has 4 aliphatic heterocycles. The molecule has 0 bridgehead atoms. The third-order valence-electron chi connectivity index (χ3n) is 11.1. The Balaban J connectivity index is 1.27. The van der Waals surface area contributed by atoms with E-state index in [0.717, 1.165) is 61.0 Å². The van der Waals surface area contributed by atoms with Gasteiger partial charge < -0.3 is 14.5 Å².